The molecule has 4 rings (SSSR count). The monoisotopic (exact) mass is 430 g/mol. The summed E-state index contributed by atoms with van der Waals surface area (Å²) < 4.78 is 11.0. The molecular formula is C27H30N2O3. The van der Waals surface area contributed by atoms with Crippen molar-refractivity contribution in [1.82, 2.24) is 5.32 Å². The Kier molecular flexibility index (Phi) is 6.64. The van der Waals surface area contributed by atoms with Crippen LogP contribution >= 0.6 is 0 Å². The summed E-state index contributed by atoms with van der Waals surface area (Å²) >= 11 is 0. The Balaban J connectivity index is 1.65. The summed E-state index contributed by atoms with van der Waals surface area (Å²) in [6.07, 6.45) is -0.424. The SMILES string of the molecule is COc1ccc2c(c1)[C@@H](NC(=O)OCc1ccccc1)[C@H](C(C)C)[C@@H](c1ccccc1)N2. The number of carbonyl (C=O) groups excluding carboxylic acids is 1. The predicted molar refractivity (Wildman–Crippen MR) is 127 cm³/mol. The van der Waals surface area contributed by atoms with Crippen LogP contribution in [0.5, 0.6) is 5.75 Å². The molecule has 3 aromatic rings. The first-order chi connectivity index (χ1) is 15.6. The summed E-state index contributed by atoms with van der Waals surface area (Å²) in [5.74, 6) is 1.17. The van der Waals surface area contributed by atoms with E-state index in [0.717, 1.165) is 22.6 Å². The maximum atomic E-state index is 12.9. The van der Waals surface area contributed by atoms with E-state index in [0.29, 0.717) is 5.92 Å². The third-order valence-electron chi connectivity index (χ3n) is 6.09. The molecule has 1 aliphatic heterocycles. The van der Waals surface area contributed by atoms with Crippen molar-refractivity contribution in [1.29, 1.82) is 0 Å². The molecule has 0 bridgehead atoms. The van der Waals surface area contributed by atoms with Crippen LogP contribution in [0.3, 0.4) is 0 Å². The summed E-state index contributed by atoms with van der Waals surface area (Å²) in [5, 5.41) is 6.88. The minimum Gasteiger partial charge on any atom is -0.497 e. The van der Waals surface area contributed by atoms with Gasteiger partial charge in [0.25, 0.3) is 0 Å². The molecule has 0 saturated heterocycles. The Morgan fingerprint density at radius 1 is 1.00 bits per heavy atom. The van der Waals surface area contributed by atoms with Crippen LogP contribution < -0.4 is 15.4 Å². The molecule has 0 fully saturated rings. The summed E-state index contributed by atoms with van der Waals surface area (Å²) in [4.78, 5) is 12.9. The highest BCUT2D eigenvalue weighted by molar-refractivity contribution is 5.70. The van der Waals surface area contributed by atoms with Crippen LogP contribution in [0.4, 0.5) is 10.5 Å². The second-order valence-corrected chi connectivity index (χ2v) is 8.49. The van der Waals surface area contributed by atoms with Crippen LogP contribution in [-0.4, -0.2) is 13.2 Å². The van der Waals surface area contributed by atoms with Crippen LogP contribution in [0.25, 0.3) is 0 Å². The summed E-state index contributed by atoms with van der Waals surface area (Å²) in [6.45, 7) is 4.62. The van der Waals surface area contributed by atoms with Gasteiger partial charge in [-0.25, -0.2) is 4.79 Å². The standard InChI is InChI=1S/C27H30N2O3/c1-18(2)24-25(20-12-8-5-9-13-20)28-23-15-14-21(31-3)16-22(23)26(24)29-27(30)32-17-19-10-6-4-7-11-19/h4-16,18,24-26,28H,17H2,1-3H3,(H,29,30)/t24-,25-,26-/m1/s1. The van der Waals surface area contributed by atoms with Crippen LogP contribution in [0.15, 0.2) is 78.9 Å². The second kappa shape index (κ2) is 9.77. The fourth-order valence-corrected chi connectivity index (χ4v) is 4.52. The zero-order valence-corrected chi connectivity index (χ0v) is 18.7. The molecule has 166 valence electrons. The van der Waals surface area contributed by atoms with Crippen LogP contribution in [0, 0.1) is 11.8 Å². The van der Waals surface area contributed by atoms with Crippen molar-refractivity contribution in [3.63, 3.8) is 0 Å². The minimum atomic E-state index is -0.424. The smallest absolute Gasteiger partial charge is 0.407 e. The van der Waals surface area contributed by atoms with Gasteiger partial charge in [0, 0.05) is 17.2 Å². The number of methoxy groups -OCH3 is 1. The number of anilines is 1. The van der Waals surface area contributed by atoms with Gasteiger partial charge in [-0.05, 0) is 35.2 Å². The quantitative estimate of drug-likeness (QED) is 0.496. The topological polar surface area (TPSA) is 59.6 Å². The third kappa shape index (κ3) is 4.72. The lowest BCUT2D eigenvalue weighted by molar-refractivity contribution is 0.125. The van der Waals surface area contributed by atoms with E-state index in [2.05, 4.69) is 48.7 Å². The van der Waals surface area contributed by atoms with E-state index in [1.165, 1.54) is 5.56 Å². The first kappa shape index (κ1) is 21.8. The van der Waals surface area contributed by atoms with Gasteiger partial charge in [-0.15, -0.1) is 0 Å². The Bertz CT molecular complexity index is 1040. The van der Waals surface area contributed by atoms with Crippen molar-refractivity contribution in [2.75, 3.05) is 12.4 Å². The number of fused-ring (bicyclic) bond motifs is 1. The molecule has 0 saturated carbocycles. The van der Waals surface area contributed by atoms with Gasteiger partial charge in [0.1, 0.15) is 12.4 Å². The van der Waals surface area contributed by atoms with E-state index in [1.807, 2.05) is 54.6 Å². The predicted octanol–water partition coefficient (Wildman–Crippen LogP) is 6.10. The molecule has 3 atom stereocenters. The molecule has 1 amide bonds. The molecular weight excluding hydrogens is 400 g/mol. The number of hydrogen-bond donors (Lipinski definition) is 2. The molecule has 3 aromatic carbocycles. The number of ether oxygens (including phenoxy) is 2. The Labute approximate surface area is 189 Å². The van der Waals surface area contributed by atoms with Gasteiger partial charge in [-0.2, -0.15) is 0 Å². The van der Waals surface area contributed by atoms with E-state index in [1.54, 1.807) is 7.11 Å². The molecule has 0 spiro atoms. The fourth-order valence-electron chi connectivity index (χ4n) is 4.52. The average Bonchev–Trinajstić information content (AvgIpc) is 2.83. The normalized spacial score (nSPS) is 19.6. The summed E-state index contributed by atoms with van der Waals surface area (Å²) in [5.41, 5.74) is 4.14. The minimum absolute atomic E-state index is 0.0523. The van der Waals surface area contributed by atoms with Crippen molar-refractivity contribution in [3.05, 3.63) is 95.6 Å². The van der Waals surface area contributed by atoms with Gasteiger partial charge in [-0.3, -0.25) is 0 Å². The van der Waals surface area contributed by atoms with Gasteiger partial charge >= 0.3 is 6.09 Å². The van der Waals surface area contributed by atoms with Crippen LogP contribution in [0.1, 0.15) is 42.6 Å². The lowest BCUT2D eigenvalue weighted by Gasteiger charge is -2.43. The van der Waals surface area contributed by atoms with Crippen LogP contribution in [-0.2, 0) is 11.3 Å². The highest BCUT2D eigenvalue weighted by atomic mass is 16.5. The zero-order valence-electron chi connectivity index (χ0n) is 18.7. The van der Waals surface area contributed by atoms with Gasteiger partial charge in [-0.1, -0.05) is 74.5 Å². The number of alkyl carbamates (subject to hydrolysis) is 1. The molecule has 32 heavy (non-hydrogen) atoms. The summed E-state index contributed by atoms with van der Waals surface area (Å²) in [6, 6.07) is 25.9. The van der Waals surface area contributed by atoms with Gasteiger partial charge < -0.3 is 20.1 Å². The number of rotatable bonds is 6. The van der Waals surface area contributed by atoms with Crippen molar-refractivity contribution < 1.29 is 14.3 Å². The van der Waals surface area contributed by atoms with Gasteiger partial charge in [0.2, 0.25) is 0 Å². The van der Waals surface area contributed by atoms with E-state index in [4.69, 9.17) is 9.47 Å². The maximum absolute atomic E-state index is 12.9. The van der Waals surface area contributed by atoms with E-state index < -0.39 is 6.09 Å². The number of carbonyl (C=O) groups is 1. The second-order valence-electron chi connectivity index (χ2n) is 8.49. The van der Waals surface area contributed by atoms with Crippen molar-refractivity contribution in [3.8, 4) is 5.75 Å². The molecule has 0 aromatic heterocycles. The molecule has 0 unspecified atom stereocenters. The van der Waals surface area contributed by atoms with E-state index >= 15 is 0 Å². The first-order valence-electron chi connectivity index (χ1n) is 11.0. The molecule has 0 radical (unpaired) electrons. The fraction of sp³-hybridized carbons (Fsp3) is 0.296. The highest BCUT2D eigenvalue weighted by Gasteiger charge is 2.40. The Hall–Kier alpha value is -3.47. The first-order valence-corrected chi connectivity index (χ1v) is 11.0. The van der Waals surface area contributed by atoms with Crippen LogP contribution in [0.2, 0.25) is 0 Å². The Morgan fingerprint density at radius 2 is 1.69 bits per heavy atom. The number of nitrogens with one attached hydrogen (secondary N) is 2. The highest BCUT2D eigenvalue weighted by Crippen LogP contribution is 2.47. The largest absolute Gasteiger partial charge is 0.497 e. The molecule has 1 aliphatic rings. The number of benzene rings is 3. The van der Waals surface area contributed by atoms with Crippen molar-refractivity contribution >= 4 is 11.8 Å². The van der Waals surface area contributed by atoms with Crippen molar-refractivity contribution in [2.24, 2.45) is 11.8 Å². The van der Waals surface area contributed by atoms with Crippen molar-refractivity contribution in [2.45, 2.75) is 32.5 Å². The lowest BCUT2D eigenvalue weighted by Crippen LogP contribution is -2.43. The molecule has 1 heterocycles. The molecule has 5 nitrogen and oxygen atoms in total. The molecule has 0 aliphatic carbocycles. The average molecular weight is 431 g/mol. The lowest BCUT2D eigenvalue weighted by atomic mass is 9.74. The zero-order chi connectivity index (χ0) is 22.5. The molecule has 5 heteroatoms. The van der Waals surface area contributed by atoms with Gasteiger partial charge in [0.15, 0.2) is 0 Å². The van der Waals surface area contributed by atoms with E-state index in [9.17, 15) is 4.79 Å². The van der Waals surface area contributed by atoms with Gasteiger partial charge in [0.05, 0.1) is 19.2 Å². The molecule has 2 N–H and O–H groups in total. The number of amides is 1. The maximum Gasteiger partial charge on any atom is 0.407 e. The Morgan fingerprint density at radius 3 is 2.34 bits per heavy atom. The van der Waals surface area contributed by atoms with E-state index in [-0.39, 0.29) is 24.6 Å². The third-order valence-corrected chi connectivity index (χ3v) is 6.09. The number of hydrogen-bond acceptors (Lipinski definition) is 4. The summed E-state index contributed by atoms with van der Waals surface area (Å²) in [7, 11) is 1.65.